The van der Waals surface area contributed by atoms with Gasteiger partial charge in [0.05, 0.1) is 12.2 Å². The Balaban J connectivity index is 2.08. The van der Waals surface area contributed by atoms with Gasteiger partial charge in [0.2, 0.25) is 0 Å². The molecule has 1 aromatic rings. The maximum atomic E-state index is 9.56. The predicted octanol–water partition coefficient (Wildman–Crippen LogP) is 3.01. The zero-order valence-corrected chi connectivity index (χ0v) is 11.7. The Morgan fingerprint density at radius 3 is 2.56 bits per heavy atom. The van der Waals surface area contributed by atoms with Gasteiger partial charge in [0.25, 0.3) is 0 Å². The average molecular weight is 270 g/mol. The van der Waals surface area contributed by atoms with Gasteiger partial charge in [-0.15, -0.1) is 0 Å². The predicted molar refractivity (Wildman–Crippen MR) is 74.3 cm³/mol. The summed E-state index contributed by atoms with van der Waals surface area (Å²) in [5, 5.41) is 10.2. The summed E-state index contributed by atoms with van der Waals surface area (Å²) in [7, 11) is 1.77. The Morgan fingerprint density at radius 2 is 2.06 bits per heavy atom. The van der Waals surface area contributed by atoms with Gasteiger partial charge in [-0.05, 0) is 37.5 Å². The van der Waals surface area contributed by atoms with Gasteiger partial charge < -0.3 is 14.7 Å². The third kappa shape index (κ3) is 2.97. The lowest BCUT2D eigenvalue weighted by Gasteiger charge is -2.33. The molecule has 1 aromatic carbocycles. The number of anilines is 1. The maximum absolute atomic E-state index is 9.56. The van der Waals surface area contributed by atoms with Crippen LogP contribution in [0, 0.1) is 0 Å². The van der Waals surface area contributed by atoms with Crippen LogP contribution in [0.15, 0.2) is 18.2 Å². The zero-order chi connectivity index (χ0) is 13.1. The molecule has 3 nitrogen and oxygen atoms in total. The zero-order valence-electron chi connectivity index (χ0n) is 10.9. The summed E-state index contributed by atoms with van der Waals surface area (Å²) in [6.07, 6.45) is 1.96. The van der Waals surface area contributed by atoms with Crippen molar-refractivity contribution in [2.75, 3.05) is 25.1 Å². The minimum Gasteiger partial charge on any atom is -0.389 e. The fraction of sp³-hybridized carbons (Fsp3) is 0.571. The monoisotopic (exact) mass is 269 g/mol. The Bertz CT molecular complexity index is 401. The number of ether oxygens (including phenoxy) is 1. The first kappa shape index (κ1) is 13.7. The van der Waals surface area contributed by atoms with E-state index in [9.17, 15) is 5.11 Å². The molecular formula is C14H20ClNO2. The van der Waals surface area contributed by atoms with Gasteiger partial charge in [-0.1, -0.05) is 17.7 Å². The Labute approximate surface area is 113 Å². The first-order valence-electron chi connectivity index (χ1n) is 6.37. The Hall–Kier alpha value is -0.770. The molecule has 2 rings (SSSR count). The van der Waals surface area contributed by atoms with E-state index >= 15 is 0 Å². The number of nitrogens with zero attached hydrogens (tertiary/aromatic N) is 1. The molecule has 1 aliphatic rings. The van der Waals surface area contributed by atoms with Crippen molar-refractivity contribution in [1.29, 1.82) is 0 Å². The van der Waals surface area contributed by atoms with E-state index in [2.05, 4.69) is 4.90 Å². The van der Waals surface area contributed by atoms with Gasteiger partial charge in [-0.2, -0.15) is 0 Å². The van der Waals surface area contributed by atoms with E-state index in [1.54, 1.807) is 14.0 Å². The number of halogens is 1. The van der Waals surface area contributed by atoms with E-state index in [-0.39, 0.29) is 0 Å². The molecule has 0 amide bonds. The second-order valence-corrected chi connectivity index (χ2v) is 5.21. The lowest BCUT2D eigenvalue weighted by atomic mass is 10.1. The van der Waals surface area contributed by atoms with Crippen LogP contribution < -0.4 is 4.90 Å². The molecule has 1 saturated heterocycles. The molecule has 0 radical (unpaired) electrons. The normalized spacial score (nSPS) is 19.0. The van der Waals surface area contributed by atoms with Crippen molar-refractivity contribution >= 4 is 17.3 Å². The van der Waals surface area contributed by atoms with E-state index in [4.69, 9.17) is 16.3 Å². The molecule has 18 heavy (non-hydrogen) atoms. The fourth-order valence-corrected chi connectivity index (χ4v) is 2.73. The molecule has 1 heterocycles. The molecule has 0 bridgehead atoms. The number of benzene rings is 1. The van der Waals surface area contributed by atoms with Crippen molar-refractivity contribution in [1.82, 2.24) is 0 Å². The molecule has 1 fully saturated rings. The maximum Gasteiger partial charge on any atom is 0.0776 e. The highest BCUT2D eigenvalue weighted by molar-refractivity contribution is 6.31. The van der Waals surface area contributed by atoms with Crippen molar-refractivity contribution in [2.45, 2.75) is 32.0 Å². The number of piperidine rings is 1. The third-order valence-corrected chi connectivity index (χ3v) is 3.90. The molecule has 0 spiro atoms. The first-order valence-corrected chi connectivity index (χ1v) is 6.75. The Kier molecular flexibility index (Phi) is 4.49. The van der Waals surface area contributed by atoms with Crippen LogP contribution in [0.25, 0.3) is 0 Å². The van der Waals surface area contributed by atoms with Crippen molar-refractivity contribution in [3.05, 3.63) is 28.8 Å². The van der Waals surface area contributed by atoms with Crippen molar-refractivity contribution in [3.8, 4) is 0 Å². The van der Waals surface area contributed by atoms with Crippen LogP contribution in [0.2, 0.25) is 5.02 Å². The van der Waals surface area contributed by atoms with Crippen molar-refractivity contribution < 1.29 is 9.84 Å². The van der Waals surface area contributed by atoms with Gasteiger partial charge >= 0.3 is 0 Å². The van der Waals surface area contributed by atoms with E-state index < -0.39 is 6.10 Å². The summed E-state index contributed by atoms with van der Waals surface area (Å²) < 4.78 is 5.36. The molecule has 0 aromatic heterocycles. The lowest BCUT2D eigenvalue weighted by molar-refractivity contribution is 0.0819. The highest BCUT2D eigenvalue weighted by atomic mass is 35.5. The first-order chi connectivity index (χ1) is 8.61. The minimum absolute atomic E-state index is 0.383. The van der Waals surface area contributed by atoms with Gasteiger partial charge in [-0.25, -0.2) is 0 Å². The van der Waals surface area contributed by atoms with Gasteiger partial charge in [-0.3, -0.25) is 0 Å². The molecule has 0 saturated carbocycles. The van der Waals surface area contributed by atoms with Crippen LogP contribution in [0.1, 0.15) is 31.4 Å². The minimum atomic E-state index is -0.522. The number of methoxy groups -OCH3 is 1. The number of aliphatic hydroxyl groups excluding tert-OH is 1. The van der Waals surface area contributed by atoms with E-state index in [0.29, 0.717) is 11.1 Å². The molecule has 1 atom stereocenters. The van der Waals surface area contributed by atoms with Crippen LogP contribution in [0.5, 0.6) is 0 Å². The summed E-state index contributed by atoms with van der Waals surface area (Å²) in [5.74, 6) is 0. The van der Waals surface area contributed by atoms with Crippen LogP contribution in [0.3, 0.4) is 0 Å². The standard InChI is InChI=1S/C14H20ClNO2/c1-10(17)13-4-3-11(9-14(13)15)16-7-5-12(18-2)6-8-16/h3-4,9-10,12,17H,5-8H2,1-2H3. The number of rotatable bonds is 3. The largest absolute Gasteiger partial charge is 0.389 e. The summed E-state index contributed by atoms with van der Waals surface area (Å²) in [6, 6.07) is 5.88. The van der Waals surface area contributed by atoms with Crippen LogP contribution in [-0.2, 0) is 4.74 Å². The summed E-state index contributed by atoms with van der Waals surface area (Å²) in [5.41, 5.74) is 1.91. The summed E-state index contributed by atoms with van der Waals surface area (Å²) in [6.45, 7) is 3.71. The van der Waals surface area contributed by atoms with Crippen LogP contribution >= 0.6 is 11.6 Å². The smallest absolute Gasteiger partial charge is 0.0776 e. The molecule has 1 aliphatic heterocycles. The number of aliphatic hydroxyl groups is 1. The number of hydrogen-bond acceptors (Lipinski definition) is 3. The van der Waals surface area contributed by atoms with Gasteiger partial charge in [0.1, 0.15) is 0 Å². The quantitative estimate of drug-likeness (QED) is 0.916. The van der Waals surface area contributed by atoms with Crippen molar-refractivity contribution in [2.24, 2.45) is 0 Å². The molecular weight excluding hydrogens is 250 g/mol. The van der Waals surface area contributed by atoms with Crippen molar-refractivity contribution in [3.63, 3.8) is 0 Å². The molecule has 1 N–H and O–H groups in total. The second kappa shape index (κ2) is 5.91. The van der Waals surface area contributed by atoms with E-state index in [0.717, 1.165) is 37.2 Å². The third-order valence-electron chi connectivity index (χ3n) is 3.57. The van der Waals surface area contributed by atoms with Gasteiger partial charge in [0, 0.05) is 30.9 Å². The molecule has 1 unspecified atom stereocenters. The van der Waals surface area contributed by atoms with E-state index in [1.165, 1.54) is 0 Å². The summed E-state index contributed by atoms with van der Waals surface area (Å²) in [4.78, 5) is 2.31. The highest BCUT2D eigenvalue weighted by Crippen LogP contribution is 2.29. The highest BCUT2D eigenvalue weighted by Gasteiger charge is 2.19. The van der Waals surface area contributed by atoms with E-state index in [1.807, 2.05) is 18.2 Å². The van der Waals surface area contributed by atoms with Crippen LogP contribution in [-0.4, -0.2) is 31.4 Å². The topological polar surface area (TPSA) is 32.7 Å². The van der Waals surface area contributed by atoms with Crippen LogP contribution in [0.4, 0.5) is 5.69 Å². The average Bonchev–Trinajstić information content (AvgIpc) is 2.38. The Morgan fingerprint density at radius 1 is 1.39 bits per heavy atom. The lowest BCUT2D eigenvalue weighted by Crippen LogP contribution is -2.36. The fourth-order valence-electron chi connectivity index (χ4n) is 2.40. The molecule has 100 valence electrons. The second-order valence-electron chi connectivity index (χ2n) is 4.80. The molecule has 0 aliphatic carbocycles. The van der Waals surface area contributed by atoms with Gasteiger partial charge in [0.15, 0.2) is 0 Å². The molecule has 4 heteroatoms. The SMILES string of the molecule is COC1CCN(c2ccc(C(C)O)c(Cl)c2)CC1. The summed E-state index contributed by atoms with van der Waals surface area (Å²) >= 11 is 6.19. The number of hydrogen-bond donors (Lipinski definition) is 1.